The first-order chi connectivity index (χ1) is 23.9. The van der Waals surface area contributed by atoms with Crippen LogP contribution in [0.3, 0.4) is 0 Å². The molecule has 0 aliphatic carbocycles. The van der Waals surface area contributed by atoms with Crippen LogP contribution in [0.4, 0.5) is 33.5 Å². The highest BCUT2D eigenvalue weighted by Crippen LogP contribution is 2.42. The monoisotopic (exact) mass is 684 g/mol. The number of anilines is 4. The lowest BCUT2D eigenvalue weighted by atomic mass is 10.1. The quantitative estimate of drug-likeness (QED) is 0.0598. The molecular formula is C34H44N12O2S. The maximum absolute atomic E-state index is 6.32. The molecule has 3 N–H and O–H groups in total. The van der Waals surface area contributed by atoms with Gasteiger partial charge in [-0.2, -0.15) is 24.7 Å². The van der Waals surface area contributed by atoms with Crippen LogP contribution in [0.25, 0.3) is 17.2 Å². The van der Waals surface area contributed by atoms with E-state index in [4.69, 9.17) is 14.6 Å². The van der Waals surface area contributed by atoms with E-state index in [1.807, 2.05) is 69.3 Å². The van der Waals surface area contributed by atoms with E-state index in [0.717, 1.165) is 35.4 Å². The first kappa shape index (κ1) is 35.1. The van der Waals surface area contributed by atoms with Crippen molar-refractivity contribution in [2.45, 2.75) is 72.3 Å². The van der Waals surface area contributed by atoms with Crippen molar-refractivity contribution in [2.75, 3.05) is 36.7 Å². The second kappa shape index (κ2) is 17.3. The average Bonchev–Trinajstić information content (AvgIpc) is 3.71. The summed E-state index contributed by atoms with van der Waals surface area (Å²) in [5.74, 6) is 2.07. The number of benzene rings is 2. The summed E-state index contributed by atoms with van der Waals surface area (Å²) in [4.78, 5) is 13.4. The summed E-state index contributed by atoms with van der Waals surface area (Å²) >= 11 is 1.27. The molecule has 5 aromatic rings. The number of ether oxygens (including phenoxy) is 2. The van der Waals surface area contributed by atoms with E-state index in [0.29, 0.717) is 46.0 Å². The second-order valence-corrected chi connectivity index (χ2v) is 12.5. The molecule has 0 spiro atoms. The number of rotatable bonds is 18. The Morgan fingerprint density at radius 3 is 2.31 bits per heavy atom. The van der Waals surface area contributed by atoms with Gasteiger partial charge in [-0.3, -0.25) is 0 Å². The summed E-state index contributed by atoms with van der Waals surface area (Å²) in [5.41, 5.74) is 3.62. The van der Waals surface area contributed by atoms with E-state index in [1.54, 1.807) is 14.1 Å². The summed E-state index contributed by atoms with van der Waals surface area (Å²) in [6.45, 7) is 8.75. The number of aryl methyl sites for hydroxylation is 1. The standard InChI is InChI=1S/C34H44N12O2S/c1-7-8-9-10-11-16-21-47-26-20-15-14-19-25(26)37-33-42-44-34(49-33)43-41-28-27(24-18-13-12-17-23(24)4)45-46(29(28)48-22(2)3)32-39-30(35-5)38-31(36-6)40-32/h12-15,17-20,22H,7-11,16,21H2,1-6H3,(H,37,42)(H2,35,36,38,39,40). The molecule has 0 saturated carbocycles. The highest BCUT2D eigenvalue weighted by molar-refractivity contribution is 7.18. The number of para-hydroxylation sites is 2. The molecule has 3 heterocycles. The third-order valence-electron chi connectivity index (χ3n) is 7.36. The van der Waals surface area contributed by atoms with Crippen LogP contribution in [0.5, 0.6) is 11.6 Å². The van der Waals surface area contributed by atoms with Crippen molar-refractivity contribution in [3.63, 3.8) is 0 Å². The van der Waals surface area contributed by atoms with Crippen LogP contribution >= 0.6 is 11.3 Å². The van der Waals surface area contributed by atoms with Gasteiger partial charge < -0.3 is 25.4 Å². The zero-order valence-electron chi connectivity index (χ0n) is 28.9. The predicted octanol–water partition coefficient (Wildman–Crippen LogP) is 8.65. The molecule has 3 aromatic heterocycles. The molecule has 15 heteroatoms. The van der Waals surface area contributed by atoms with Gasteiger partial charge in [0, 0.05) is 19.7 Å². The molecule has 0 fully saturated rings. The Morgan fingerprint density at radius 1 is 0.857 bits per heavy atom. The van der Waals surface area contributed by atoms with Gasteiger partial charge in [0.2, 0.25) is 22.9 Å². The van der Waals surface area contributed by atoms with E-state index >= 15 is 0 Å². The molecule has 5 rings (SSSR count). The molecule has 0 amide bonds. The van der Waals surface area contributed by atoms with Crippen LogP contribution < -0.4 is 25.4 Å². The molecule has 0 saturated heterocycles. The van der Waals surface area contributed by atoms with Gasteiger partial charge in [-0.1, -0.05) is 86.8 Å². The largest absolute Gasteiger partial charge is 0.491 e. The van der Waals surface area contributed by atoms with Crippen molar-refractivity contribution in [2.24, 2.45) is 10.2 Å². The van der Waals surface area contributed by atoms with Crippen molar-refractivity contribution in [1.29, 1.82) is 0 Å². The van der Waals surface area contributed by atoms with Crippen LogP contribution in [-0.4, -0.2) is 61.7 Å². The Bertz CT molecular complexity index is 1820. The Labute approximate surface area is 290 Å². The lowest BCUT2D eigenvalue weighted by Crippen LogP contribution is -2.14. The maximum Gasteiger partial charge on any atom is 0.260 e. The van der Waals surface area contributed by atoms with Gasteiger partial charge in [0.1, 0.15) is 11.4 Å². The first-order valence-corrected chi connectivity index (χ1v) is 17.4. The number of aromatic nitrogens is 7. The third-order valence-corrected chi connectivity index (χ3v) is 8.08. The van der Waals surface area contributed by atoms with Gasteiger partial charge >= 0.3 is 0 Å². The Hall–Kier alpha value is -5.18. The van der Waals surface area contributed by atoms with Gasteiger partial charge in [-0.25, -0.2) is 0 Å². The van der Waals surface area contributed by atoms with Crippen LogP contribution in [-0.2, 0) is 0 Å². The van der Waals surface area contributed by atoms with Crippen molar-refractivity contribution in [3.8, 4) is 28.8 Å². The van der Waals surface area contributed by atoms with E-state index in [2.05, 4.69) is 58.3 Å². The van der Waals surface area contributed by atoms with Crippen LogP contribution in [0.1, 0.15) is 64.9 Å². The normalized spacial score (nSPS) is 11.3. The fourth-order valence-corrected chi connectivity index (χ4v) is 5.51. The number of nitrogens with one attached hydrogen (secondary N) is 3. The molecule has 14 nitrogen and oxygen atoms in total. The van der Waals surface area contributed by atoms with Gasteiger partial charge in [0.25, 0.3) is 11.1 Å². The summed E-state index contributed by atoms with van der Waals surface area (Å²) in [5, 5.41) is 32.9. The molecule has 0 radical (unpaired) electrons. The first-order valence-electron chi connectivity index (χ1n) is 16.6. The summed E-state index contributed by atoms with van der Waals surface area (Å²) in [6, 6.07) is 15.7. The van der Waals surface area contributed by atoms with Crippen molar-refractivity contribution < 1.29 is 9.47 Å². The second-order valence-electron chi connectivity index (χ2n) is 11.5. The zero-order chi connectivity index (χ0) is 34.6. The van der Waals surface area contributed by atoms with Gasteiger partial charge in [0.15, 0.2) is 5.69 Å². The minimum atomic E-state index is -0.218. The fourth-order valence-electron chi connectivity index (χ4n) is 4.93. The number of hydrogen-bond donors (Lipinski definition) is 3. The van der Waals surface area contributed by atoms with Crippen molar-refractivity contribution in [1.82, 2.24) is 34.9 Å². The van der Waals surface area contributed by atoms with E-state index in [9.17, 15) is 0 Å². The smallest absolute Gasteiger partial charge is 0.260 e. The number of azo groups is 1. The average molecular weight is 685 g/mol. The molecule has 0 aliphatic heterocycles. The van der Waals surface area contributed by atoms with Crippen molar-refractivity contribution in [3.05, 3.63) is 54.1 Å². The van der Waals surface area contributed by atoms with Gasteiger partial charge in [-0.15, -0.1) is 20.4 Å². The Balaban J connectivity index is 1.44. The number of unbranched alkanes of at least 4 members (excludes halogenated alkanes) is 5. The topological polar surface area (TPSA) is 162 Å². The van der Waals surface area contributed by atoms with Crippen LogP contribution in [0.2, 0.25) is 0 Å². The fraction of sp³-hybridized carbons (Fsp3) is 0.412. The summed E-state index contributed by atoms with van der Waals surface area (Å²) < 4.78 is 14.0. The predicted molar refractivity (Wildman–Crippen MR) is 195 cm³/mol. The van der Waals surface area contributed by atoms with Crippen LogP contribution in [0, 0.1) is 6.92 Å². The number of nitrogens with zero attached hydrogens (tertiary/aromatic N) is 9. The molecule has 0 unspecified atom stereocenters. The SMILES string of the molecule is CCCCCCCCOc1ccccc1Nc1nnc(N=Nc2c(-c3ccccc3C)nn(-c3nc(NC)nc(NC)n3)c2OC(C)C)s1. The summed E-state index contributed by atoms with van der Waals surface area (Å²) in [7, 11) is 3.47. The van der Waals surface area contributed by atoms with E-state index in [-0.39, 0.29) is 12.1 Å². The lowest BCUT2D eigenvalue weighted by Gasteiger charge is -2.12. The van der Waals surface area contributed by atoms with Crippen LogP contribution in [0.15, 0.2) is 58.8 Å². The zero-order valence-corrected chi connectivity index (χ0v) is 29.7. The molecule has 0 aliphatic rings. The van der Waals surface area contributed by atoms with Crippen molar-refractivity contribution >= 4 is 44.9 Å². The lowest BCUT2D eigenvalue weighted by molar-refractivity contribution is 0.226. The Kier molecular flexibility index (Phi) is 12.4. The minimum Gasteiger partial charge on any atom is -0.491 e. The molecule has 2 aromatic carbocycles. The number of hydrogen-bond acceptors (Lipinski definition) is 14. The highest BCUT2D eigenvalue weighted by Gasteiger charge is 2.26. The Morgan fingerprint density at radius 2 is 1.57 bits per heavy atom. The molecule has 258 valence electrons. The van der Waals surface area contributed by atoms with Gasteiger partial charge in [0.05, 0.1) is 18.4 Å². The minimum absolute atomic E-state index is 0.218. The summed E-state index contributed by atoms with van der Waals surface area (Å²) in [6.07, 6.45) is 7.02. The van der Waals surface area contributed by atoms with Gasteiger partial charge in [-0.05, 0) is 44.9 Å². The molecule has 0 atom stereocenters. The highest BCUT2D eigenvalue weighted by atomic mass is 32.1. The maximum atomic E-state index is 6.32. The van der Waals surface area contributed by atoms with E-state index in [1.165, 1.54) is 41.7 Å². The third kappa shape index (κ3) is 9.25. The van der Waals surface area contributed by atoms with E-state index < -0.39 is 0 Å². The molecule has 49 heavy (non-hydrogen) atoms. The molecule has 0 bridgehead atoms. The molecular weight excluding hydrogens is 641 g/mol.